The van der Waals surface area contributed by atoms with Crippen LogP contribution in [-0.2, 0) is 6.42 Å². The zero-order valence-electron chi connectivity index (χ0n) is 11.4. The zero-order chi connectivity index (χ0) is 13.9. The lowest BCUT2D eigenvalue weighted by Crippen LogP contribution is -2.02. The van der Waals surface area contributed by atoms with Gasteiger partial charge in [-0.25, -0.2) is 4.98 Å². The van der Waals surface area contributed by atoms with Crippen molar-refractivity contribution in [2.45, 2.75) is 13.3 Å². The maximum Gasteiger partial charge on any atom is 0.141 e. The minimum Gasteiger partial charge on any atom is -0.457 e. The molecule has 0 amide bonds. The molecule has 4 nitrogen and oxygen atoms in total. The first-order valence-corrected chi connectivity index (χ1v) is 6.67. The van der Waals surface area contributed by atoms with Crippen molar-refractivity contribution in [1.82, 2.24) is 9.97 Å². The number of benzene rings is 1. The molecule has 0 fully saturated rings. The maximum absolute atomic E-state index is 5.97. The van der Waals surface area contributed by atoms with Crippen LogP contribution in [0.25, 0.3) is 11.0 Å². The summed E-state index contributed by atoms with van der Waals surface area (Å²) in [6.45, 7) is 2.70. The fourth-order valence-corrected chi connectivity index (χ4v) is 2.29. The van der Waals surface area contributed by atoms with Crippen LogP contribution in [0.5, 0.6) is 11.5 Å². The van der Waals surface area contributed by atoms with Crippen LogP contribution >= 0.6 is 0 Å². The summed E-state index contributed by atoms with van der Waals surface area (Å²) < 4.78 is 5.97. The van der Waals surface area contributed by atoms with Gasteiger partial charge in [-0.3, -0.25) is 0 Å². The number of aryl methyl sites for hydroxylation is 1. The van der Waals surface area contributed by atoms with E-state index in [2.05, 4.69) is 9.97 Å². The van der Waals surface area contributed by atoms with Crippen LogP contribution in [0, 0.1) is 6.92 Å². The van der Waals surface area contributed by atoms with Crippen molar-refractivity contribution in [3.8, 4) is 11.5 Å². The van der Waals surface area contributed by atoms with E-state index in [1.165, 1.54) is 5.56 Å². The third kappa shape index (κ3) is 2.38. The number of nitrogens with zero attached hydrogens (tertiary/aromatic N) is 1. The molecule has 2 aromatic heterocycles. The summed E-state index contributed by atoms with van der Waals surface area (Å²) in [5.74, 6) is 1.64. The summed E-state index contributed by atoms with van der Waals surface area (Å²) in [4.78, 5) is 7.43. The Kier molecular flexibility index (Phi) is 3.39. The largest absolute Gasteiger partial charge is 0.457 e. The second-order valence-electron chi connectivity index (χ2n) is 4.79. The van der Waals surface area contributed by atoms with Crippen LogP contribution in [0.15, 0.2) is 42.7 Å². The Morgan fingerprint density at radius 3 is 2.75 bits per heavy atom. The molecule has 4 heteroatoms. The van der Waals surface area contributed by atoms with E-state index in [0.717, 1.165) is 34.5 Å². The highest BCUT2D eigenvalue weighted by atomic mass is 16.5. The lowest BCUT2D eigenvalue weighted by atomic mass is 10.1. The van der Waals surface area contributed by atoms with Crippen molar-refractivity contribution in [2.24, 2.45) is 5.73 Å². The van der Waals surface area contributed by atoms with Crippen molar-refractivity contribution >= 4 is 11.0 Å². The van der Waals surface area contributed by atoms with E-state index in [4.69, 9.17) is 10.5 Å². The van der Waals surface area contributed by atoms with Gasteiger partial charge in [-0.05, 0) is 49.2 Å². The van der Waals surface area contributed by atoms with Gasteiger partial charge in [0.25, 0.3) is 0 Å². The number of nitrogens with one attached hydrogen (secondary N) is 1. The lowest BCUT2D eigenvalue weighted by molar-refractivity contribution is 0.487. The highest BCUT2D eigenvalue weighted by Gasteiger charge is 2.08. The maximum atomic E-state index is 5.97. The van der Waals surface area contributed by atoms with Crippen molar-refractivity contribution in [2.75, 3.05) is 6.54 Å². The average molecular weight is 267 g/mol. The number of rotatable bonds is 4. The summed E-state index contributed by atoms with van der Waals surface area (Å²) >= 11 is 0. The first-order valence-electron chi connectivity index (χ1n) is 6.67. The van der Waals surface area contributed by atoms with Gasteiger partial charge in [-0.15, -0.1) is 0 Å². The molecule has 0 aliphatic rings. The Labute approximate surface area is 117 Å². The van der Waals surface area contributed by atoms with Crippen LogP contribution in [0.3, 0.4) is 0 Å². The summed E-state index contributed by atoms with van der Waals surface area (Å²) in [6, 6.07) is 9.92. The van der Waals surface area contributed by atoms with Gasteiger partial charge < -0.3 is 15.5 Å². The lowest BCUT2D eigenvalue weighted by Gasteiger charge is -2.08. The van der Waals surface area contributed by atoms with E-state index in [1.807, 2.05) is 43.5 Å². The van der Waals surface area contributed by atoms with Crippen molar-refractivity contribution in [1.29, 1.82) is 0 Å². The summed E-state index contributed by atoms with van der Waals surface area (Å²) in [5, 5.41) is 1.03. The first-order chi connectivity index (χ1) is 9.78. The predicted molar refractivity (Wildman–Crippen MR) is 80.1 cm³/mol. The number of hydrogen-bond donors (Lipinski definition) is 2. The number of aromatic amines is 1. The molecule has 3 aromatic rings. The topological polar surface area (TPSA) is 63.9 Å². The SMILES string of the molecule is Cc1c[nH]c2nccc(Oc3ccc(CCN)cc3)c12. The number of pyridine rings is 1. The molecule has 0 aliphatic heterocycles. The van der Waals surface area contributed by atoms with Gasteiger partial charge >= 0.3 is 0 Å². The first kappa shape index (κ1) is 12.7. The van der Waals surface area contributed by atoms with E-state index >= 15 is 0 Å². The van der Waals surface area contributed by atoms with Crippen LogP contribution in [0.2, 0.25) is 0 Å². The van der Waals surface area contributed by atoms with Crippen molar-refractivity contribution in [3.05, 3.63) is 53.9 Å². The smallest absolute Gasteiger partial charge is 0.141 e. The molecule has 0 aliphatic carbocycles. The summed E-state index contributed by atoms with van der Waals surface area (Å²) in [6.07, 6.45) is 4.57. The van der Waals surface area contributed by atoms with E-state index in [0.29, 0.717) is 6.54 Å². The van der Waals surface area contributed by atoms with Crippen molar-refractivity contribution < 1.29 is 4.74 Å². The highest BCUT2D eigenvalue weighted by Crippen LogP contribution is 2.30. The predicted octanol–water partition coefficient (Wildman–Crippen LogP) is 3.16. The molecule has 20 heavy (non-hydrogen) atoms. The Hall–Kier alpha value is -2.33. The fourth-order valence-electron chi connectivity index (χ4n) is 2.29. The minimum absolute atomic E-state index is 0.660. The molecule has 0 spiro atoms. The van der Waals surface area contributed by atoms with E-state index < -0.39 is 0 Å². The molecule has 1 aromatic carbocycles. The molecule has 0 atom stereocenters. The summed E-state index contributed by atoms with van der Waals surface area (Å²) in [5.41, 5.74) is 8.74. The van der Waals surface area contributed by atoms with E-state index in [1.54, 1.807) is 6.20 Å². The average Bonchev–Trinajstić information content (AvgIpc) is 2.84. The molecular formula is C16H17N3O. The van der Waals surface area contributed by atoms with E-state index in [-0.39, 0.29) is 0 Å². The monoisotopic (exact) mass is 267 g/mol. The highest BCUT2D eigenvalue weighted by molar-refractivity contribution is 5.86. The fraction of sp³-hybridized carbons (Fsp3) is 0.188. The Bertz CT molecular complexity index is 716. The van der Waals surface area contributed by atoms with Gasteiger partial charge in [0, 0.05) is 12.4 Å². The van der Waals surface area contributed by atoms with Crippen LogP contribution in [0.4, 0.5) is 0 Å². The Morgan fingerprint density at radius 1 is 1.20 bits per heavy atom. The molecule has 0 unspecified atom stereocenters. The quantitative estimate of drug-likeness (QED) is 0.763. The van der Waals surface area contributed by atoms with Gasteiger partial charge in [0.2, 0.25) is 0 Å². The second kappa shape index (κ2) is 5.35. The van der Waals surface area contributed by atoms with E-state index in [9.17, 15) is 0 Å². The number of aromatic nitrogens is 2. The van der Waals surface area contributed by atoms with Gasteiger partial charge in [-0.1, -0.05) is 12.1 Å². The molecule has 3 rings (SSSR count). The van der Waals surface area contributed by atoms with Crippen molar-refractivity contribution in [3.63, 3.8) is 0 Å². The van der Waals surface area contributed by atoms with Gasteiger partial charge in [0.05, 0.1) is 5.39 Å². The van der Waals surface area contributed by atoms with Crippen LogP contribution in [-0.4, -0.2) is 16.5 Å². The third-order valence-corrected chi connectivity index (χ3v) is 3.32. The minimum atomic E-state index is 0.660. The number of nitrogens with two attached hydrogens (primary N) is 1. The van der Waals surface area contributed by atoms with Gasteiger partial charge in [0.1, 0.15) is 17.1 Å². The normalized spacial score (nSPS) is 10.9. The van der Waals surface area contributed by atoms with Gasteiger partial charge in [-0.2, -0.15) is 0 Å². The standard InChI is InChI=1S/C16H17N3O/c1-11-10-19-16-15(11)14(7-9-18-16)20-13-4-2-12(3-5-13)6-8-17/h2-5,7,9-10H,6,8,17H2,1H3,(H,18,19). The Morgan fingerprint density at radius 2 is 2.00 bits per heavy atom. The molecule has 0 radical (unpaired) electrons. The van der Waals surface area contributed by atoms with Gasteiger partial charge in [0.15, 0.2) is 0 Å². The number of ether oxygens (including phenoxy) is 1. The zero-order valence-corrected chi connectivity index (χ0v) is 11.4. The second-order valence-corrected chi connectivity index (χ2v) is 4.79. The molecule has 102 valence electrons. The van der Waals surface area contributed by atoms with Crippen LogP contribution in [0.1, 0.15) is 11.1 Å². The molecular weight excluding hydrogens is 250 g/mol. The molecule has 0 bridgehead atoms. The molecule has 2 heterocycles. The Balaban J connectivity index is 1.91. The molecule has 0 saturated heterocycles. The number of hydrogen-bond acceptors (Lipinski definition) is 3. The van der Waals surface area contributed by atoms with Crippen LogP contribution < -0.4 is 10.5 Å². The number of H-pyrrole nitrogens is 1. The number of fused-ring (bicyclic) bond motifs is 1. The summed E-state index contributed by atoms with van der Waals surface area (Å²) in [7, 11) is 0. The third-order valence-electron chi connectivity index (χ3n) is 3.32. The molecule has 3 N–H and O–H groups in total. The molecule has 0 saturated carbocycles.